The zero-order chi connectivity index (χ0) is 11.0. The molecule has 2 fully saturated rings. The summed E-state index contributed by atoms with van der Waals surface area (Å²) < 4.78 is 2.32. The first-order chi connectivity index (χ1) is 7.83. The molecule has 1 aliphatic heterocycles. The number of hydrogen-bond acceptors (Lipinski definition) is 3. The zero-order valence-corrected chi connectivity index (χ0v) is 9.55. The molecule has 2 aliphatic rings. The molecule has 1 N–H and O–H groups in total. The van der Waals surface area contributed by atoms with Gasteiger partial charge in [0.05, 0.1) is 18.1 Å². The van der Waals surface area contributed by atoms with Crippen molar-refractivity contribution >= 4 is 0 Å². The van der Waals surface area contributed by atoms with E-state index in [9.17, 15) is 5.11 Å². The number of aromatic nitrogens is 2. The Morgan fingerprint density at radius 2 is 2.00 bits per heavy atom. The van der Waals surface area contributed by atoms with Gasteiger partial charge in [0.2, 0.25) is 0 Å². The Hall–Kier alpha value is -0.870. The van der Waals surface area contributed by atoms with Gasteiger partial charge in [-0.3, -0.25) is 4.90 Å². The van der Waals surface area contributed by atoms with Gasteiger partial charge in [0.1, 0.15) is 0 Å². The van der Waals surface area contributed by atoms with Crippen LogP contribution < -0.4 is 0 Å². The summed E-state index contributed by atoms with van der Waals surface area (Å²) in [5.41, 5.74) is 1.33. The summed E-state index contributed by atoms with van der Waals surface area (Å²) in [5, 5.41) is 9.46. The summed E-state index contributed by atoms with van der Waals surface area (Å²) in [6.45, 7) is 3.01. The number of hydrogen-bond donors (Lipinski definition) is 1. The van der Waals surface area contributed by atoms with Gasteiger partial charge >= 0.3 is 0 Å². The van der Waals surface area contributed by atoms with E-state index in [1.165, 1.54) is 18.5 Å². The largest absolute Gasteiger partial charge is 0.393 e. The van der Waals surface area contributed by atoms with Crippen LogP contribution in [0.1, 0.15) is 37.4 Å². The molecule has 88 valence electrons. The molecule has 2 heterocycles. The number of piperidine rings is 1. The average Bonchev–Trinajstić information content (AvgIpc) is 3.03. The van der Waals surface area contributed by atoms with Crippen LogP contribution in [-0.4, -0.2) is 38.8 Å². The minimum Gasteiger partial charge on any atom is -0.393 e. The Morgan fingerprint density at radius 3 is 2.69 bits per heavy atom. The molecule has 0 unspecified atom stereocenters. The van der Waals surface area contributed by atoms with Crippen molar-refractivity contribution in [2.45, 2.75) is 44.4 Å². The first kappa shape index (κ1) is 10.3. The molecule has 4 heteroatoms. The molecular weight excluding hydrogens is 202 g/mol. The van der Waals surface area contributed by atoms with E-state index in [1.807, 2.05) is 12.5 Å². The summed E-state index contributed by atoms with van der Waals surface area (Å²) in [6.07, 6.45) is 8.32. The molecule has 16 heavy (non-hydrogen) atoms. The van der Waals surface area contributed by atoms with Gasteiger partial charge in [0.15, 0.2) is 0 Å². The van der Waals surface area contributed by atoms with Crippen molar-refractivity contribution in [3.8, 4) is 0 Å². The number of aliphatic hydroxyl groups is 1. The maximum Gasteiger partial charge on any atom is 0.0951 e. The highest BCUT2D eigenvalue weighted by molar-refractivity contribution is 5.03. The van der Waals surface area contributed by atoms with E-state index in [0.29, 0.717) is 6.04 Å². The molecule has 0 aromatic carbocycles. The van der Waals surface area contributed by atoms with E-state index < -0.39 is 0 Å². The lowest BCUT2D eigenvalue weighted by Crippen LogP contribution is -2.35. The third-order valence-corrected chi connectivity index (χ3v) is 3.63. The van der Waals surface area contributed by atoms with Crippen LogP contribution in [0.4, 0.5) is 0 Å². The second kappa shape index (κ2) is 4.18. The zero-order valence-electron chi connectivity index (χ0n) is 9.55. The Balaban J connectivity index is 1.62. The molecule has 0 atom stereocenters. The number of likely N-dealkylation sites (tertiary alicyclic amines) is 1. The third kappa shape index (κ3) is 2.13. The van der Waals surface area contributed by atoms with Crippen molar-refractivity contribution < 1.29 is 5.11 Å². The van der Waals surface area contributed by atoms with E-state index in [-0.39, 0.29) is 6.10 Å². The molecule has 0 radical (unpaired) electrons. The lowest BCUT2D eigenvalue weighted by Gasteiger charge is -2.29. The predicted octanol–water partition coefficient (Wildman–Crippen LogP) is 1.17. The Bertz CT molecular complexity index is 351. The summed E-state index contributed by atoms with van der Waals surface area (Å²) in [4.78, 5) is 6.67. The molecule has 0 amide bonds. The SMILES string of the molecule is OC1CCN(Cc2cncn2C2CC2)CC1. The Kier molecular flexibility index (Phi) is 2.69. The van der Waals surface area contributed by atoms with Crippen LogP contribution in [0.3, 0.4) is 0 Å². The van der Waals surface area contributed by atoms with Crippen molar-refractivity contribution in [3.63, 3.8) is 0 Å². The molecule has 1 saturated heterocycles. The number of imidazole rings is 1. The highest BCUT2D eigenvalue weighted by atomic mass is 16.3. The average molecular weight is 221 g/mol. The lowest BCUT2D eigenvalue weighted by atomic mass is 10.1. The van der Waals surface area contributed by atoms with Gasteiger partial charge < -0.3 is 9.67 Å². The predicted molar refractivity (Wildman–Crippen MR) is 61.0 cm³/mol. The second-order valence-corrected chi connectivity index (χ2v) is 5.03. The molecule has 1 saturated carbocycles. The van der Waals surface area contributed by atoms with Crippen LogP contribution in [0, 0.1) is 0 Å². The summed E-state index contributed by atoms with van der Waals surface area (Å²) >= 11 is 0. The molecule has 3 rings (SSSR count). The number of nitrogens with zero attached hydrogens (tertiary/aromatic N) is 3. The minimum atomic E-state index is -0.0791. The quantitative estimate of drug-likeness (QED) is 0.833. The van der Waals surface area contributed by atoms with Crippen LogP contribution in [0.2, 0.25) is 0 Å². The van der Waals surface area contributed by atoms with Gasteiger partial charge in [-0.1, -0.05) is 0 Å². The molecule has 0 bridgehead atoms. The van der Waals surface area contributed by atoms with E-state index in [4.69, 9.17) is 0 Å². The van der Waals surface area contributed by atoms with Crippen molar-refractivity contribution in [3.05, 3.63) is 18.2 Å². The molecule has 1 aromatic heterocycles. The van der Waals surface area contributed by atoms with E-state index in [0.717, 1.165) is 32.5 Å². The molecular formula is C12H19N3O. The number of aliphatic hydroxyl groups excluding tert-OH is 1. The molecule has 0 spiro atoms. The topological polar surface area (TPSA) is 41.3 Å². The van der Waals surface area contributed by atoms with Gasteiger partial charge in [0, 0.05) is 31.9 Å². The van der Waals surface area contributed by atoms with Crippen LogP contribution in [-0.2, 0) is 6.54 Å². The standard InChI is InChI=1S/C12H19N3O/c16-12-3-5-14(6-4-12)8-11-7-13-9-15(11)10-1-2-10/h7,9-10,12,16H,1-6,8H2. The molecule has 1 aliphatic carbocycles. The first-order valence-electron chi connectivity index (χ1n) is 6.24. The van der Waals surface area contributed by atoms with Gasteiger partial charge in [-0.2, -0.15) is 0 Å². The van der Waals surface area contributed by atoms with Crippen molar-refractivity contribution in [1.82, 2.24) is 14.5 Å². The number of rotatable bonds is 3. The third-order valence-electron chi connectivity index (χ3n) is 3.63. The fraction of sp³-hybridized carbons (Fsp3) is 0.750. The van der Waals surface area contributed by atoms with Crippen molar-refractivity contribution in [1.29, 1.82) is 0 Å². The highest BCUT2D eigenvalue weighted by Crippen LogP contribution is 2.35. The molecule has 1 aromatic rings. The maximum atomic E-state index is 9.46. The normalized spacial score (nSPS) is 23.8. The van der Waals surface area contributed by atoms with Crippen LogP contribution in [0.5, 0.6) is 0 Å². The van der Waals surface area contributed by atoms with Crippen molar-refractivity contribution in [2.75, 3.05) is 13.1 Å². The fourth-order valence-corrected chi connectivity index (χ4v) is 2.44. The highest BCUT2D eigenvalue weighted by Gasteiger charge is 2.26. The summed E-state index contributed by atoms with van der Waals surface area (Å²) in [6, 6.07) is 0.716. The monoisotopic (exact) mass is 221 g/mol. The van der Waals surface area contributed by atoms with Crippen LogP contribution >= 0.6 is 0 Å². The fourth-order valence-electron chi connectivity index (χ4n) is 2.44. The summed E-state index contributed by atoms with van der Waals surface area (Å²) in [5.74, 6) is 0. The minimum absolute atomic E-state index is 0.0791. The van der Waals surface area contributed by atoms with E-state index in [1.54, 1.807) is 0 Å². The first-order valence-corrected chi connectivity index (χ1v) is 6.24. The van der Waals surface area contributed by atoms with E-state index >= 15 is 0 Å². The smallest absolute Gasteiger partial charge is 0.0951 e. The molecule has 4 nitrogen and oxygen atoms in total. The van der Waals surface area contributed by atoms with Crippen molar-refractivity contribution in [2.24, 2.45) is 0 Å². The summed E-state index contributed by atoms with van der Waals surface area (Å²) in [7, 11) is 0. The van der Waals surface area contributed by atoms with Gasteiger partial charge in [0.25, 0.3) is 0 Å². The van der Waals surface area contributed by atoms with E-state index in [2.05, 4.69) is 14.5 Å². The van der Waals surface area contributed by atoms with Gasteiger partial charge in [-0.25, -0.2) is 4.98 Å². The lowest BCUT2D eigenvalue weighted by molar-refractivity contribution is 0.0781. The van der Waals surface area contributed by atoms with Crippen LogP contribution in [0.15, 0.2) is 12.5 Å². The second-order valence-electron chi connectivity index (χ2n) is 5.03. The van der Waals surface area contributed by atoms with Gasteiger partial charge in [-0.15, -0.1) is 0 Å². The maximum absolute atomic E-state index is 9.46. The Morgan fingerprint density at radius 1 is 1.25 bits per heavy atom. The van der Waals surface area contributed by atoms with Gasteiger partial charge in [-0.05, 0) is 25.7 Å². The van der Waals surface area contributed by atoms with Crippen LogP contribution in [0.25, 0.3) is 0 Å². The Labute approximate surface area is 95.9 Å².